The van der Waals surface area contributed by atoms with E-state index in [4.69, 9.17) is 0 Å². The van der Waals surface area contributed by atoms with Crippen LogP contribution in [0.15, 0.2) is 24.3 Å². The molecule has 0 aliphatic carbocycles. The zero-order valence-corrected chi connectivity index (χ0v) is 14.1. The maximum Gasteiger partial charge on any atom is 0.416 e. The number of carbonyl (C=O) groups is 2. The second-order valence-corrected chi connectivity index (χ2v) is 5.93. The maximum absolute atomic E-state index is 12.8. The van der Waals surface area contributed by atoms with Crippen LogP contribution in [0, 0.1) is 0 Å². The summed E-state index contributed by atoms with van der Waals surface area (Å²) in [5.41, 5.74) is -0.671. The average Bonchev–Trinajstić information content (AvgIpc) is 2.52. The molecule has 1 aliphatic heterocycles. The molecule has 0 unspecified atom stereocenters. The first-order valence-corrected chi connectivity index (χ1v) is 7.71. The van der Waals surface area contributed by atoms with E-state index in [-0.39, 0.29) is 10.5 Å². The molecule has 0 spiro atoms. The Morgan fingerprint density at radius 3 is 2.07 bits per heavy atom. The molecular formula is C15H16F6N4O2. The zero-order valence-electron chi connectivity index (χ0n) is 14.1. The van der Waals surface area contributed by atoms with Gasteiger partial charge in [0.1, 0.15) is 6.04 Å². The van der Waals surface area contributed by atoms with E-state index in [2.05, 4.69) is 16.0 Å². The molecule has 3 N–H and O–H groups in total. The van der Waals surface area contributed by atoms with Crippen molar-refractivity contribution in [2.24, 2.45) is 0 Å². The van der Waals surface area contributed by atoms with Crippen molar-refractivity contribution in [3.05, 3.63) is 35.4 Å². The van der Waals surface area contributed by atoms with Gasteiger partial charge in [-0.1, -0.05) is 12.1 Å². The van der Waals surface area contributed by atoms with E-state index in [1.165, 1.54) is 19.1 Å². The summed E-state index contributed by atoms with van der Waals surface area (Å²) in [6, 6.07) is -1.30. The van der Waals surface area contributed by atoms with Gasteiger partial charge in [-0.3, -0.25) is 5.32 Å². The van der Waals surface area contributed by atoms with Gasteiger partial charge in [-0.25, -0.2) is 14.5 Å². The van der Waals surface area contributed by atoms with Gasteiger partial charge in [0, 0.05) is 6.04 Å². The van der Waals surface area contributed by atoms with Crippen molar-refractivity contribution in [3.8, 4) is 0 Å². The average molecular weight is 398 g/mol. The van der Waals surface area contributed by atoms with Gasteiger partial charge < -0.3 is 10.6 Å². The summed E-state index contributed by atoms with van der Waals surface area (Å²) in [6.07, 6.45) is -10.6. The highest BCUT2D eigenvalue weighted by Crippen LogP contribution is 2.31. The van der Waals surface area contributed by atoms with E-state index in [0.29, 0.717) is 6.92 Å². The van der Waals surface area contributed by atoms with Gasteiger partial charge in [-0.05, 0) is 31.5 Å². The topological polar surface area (TPSA) is 73.5 Å². The Kier molecular flexibility index (Phi) is 5.59. The van der Waals surface area contributed by atoms with Gasteiger partial charge in [0.15, 0.2) is 6.29 Å². The first kappa shape index (κ1) is 20.8. The van der Waals surface area contributed by atoms with Crippen LogP contribution in [0.3, 0.4) is 0 Å². The Bertz CT molecular complexity index is 703. The second-order valence-electron chi connectivity index (χ2n) is 5.93. The van der Waals surface area contributed by atoms with Gasteiger partial charge in [0.25, 0.3) is 0 Å². The fourth-order valence-electron chi connectivity index (χ4n) is 2.43. The molecule has 4 amide bonds. The number of benzene rings is 1. The minimum atomic E-state index is -4.81. The molecule has 2 rings (SSSR count). The van der Waals surface area contributed by atoms with Gasteiger partial charge in [-0.15, -0.1) is 0 Å². The third kappa shape index (κ3) is 4.81. The Morgan fingerprint density at radius 2 is 1.59 bits per heavy atom. The summed E-state index contributed by atoms with van der Waals surface area (Å²) in [5, 5.41) is 6.87. The quantitative estimate of drug-likeness (QED) is 0.682. The first-order chi connectivity index (χ1) is 12.3. The monoisotopic (exact) mass is 398 g/mol. The van der Waals surface area contributed by atoms with Crippen LogP contribution in [0.2, 0.25) is 0 Å². The summed E-state index contributed by atoms with van der Waals surface area (Å²) in [6.45, 7) is 2.12. The van der Waals surface area contributed by atoms with Crippen LogP contribution in [-0.4, -0.2) is 35.5 Å². The molecule has 1 aromatic carbocycles. The van der Waals surface area contributed by atoms with E-state index in [9.17, 15) is 35.9 Å². The van der Waals surface area contributed by atoms with Gasteiger partial charge in [0.2, 0.25) is 0 Å². The van der Waals surface area contributed by atoms with Gasteiger partial charge in [0.05, 0.1) is 5.56 Å². The molecule has 27 heavy (non-hydrogen) atoms. The molecule has 0 bridgehead atoms. The number of alkyl halides is 6. The van der Waals surface area contributed by atoms with E-state index >= 15 is 0 Å². The van der Waals surface area contributed by atoms with Crippen LogP contribution in [-0.2, 0) is 6.18 Å². The number of nitrogens with one attached hydrogen (secondary N) is 3. The largest absolute Gasteiger partial charge is 0.416 e. The van der Waals surface area contributed by atoms with Crippen molar-refractivity contribution in [3.63, 3.8) is 0 Å². The summed E-state index contributed by atoms with van der Waals surface area (Å²) in [5.74, 6) is 0. The van der Waals surface area contributed by atoms with E-state index in [1.807, 2.05) is 0 Å². The number of hydrogen-bond acceptors (Lipinski definition) is 3. The predicted octanol–water partition coefficient (Wildman–Crippen LogP) is 3.33. The van der Waals surface area contributed by atoms with Crippen LogP contribution in [0.25, 0.3) is 0 Å². The van der Waals surface area contributed by atoms with Crippen molar-refractivity contribution in [2.75, 3.05) is 0 Å². The SMILES string of the molecule is C[C@H](NC1NC(=O)N([C@@H](C)C(F)(F)F)C(=O)N1)c1cccc(C(F)(F)F)c1. The number of amides is 4. The molecule has 0 radical (unpaired) electrons. The summed E-state index contributed by atoms with van der Waals surface area (Å²) in [7, 11) is 0. The molecular weight excluding hydrogens is 382 g/mol. The van der Waals surface area contributed by atoms with Crippen molar-refractivity contribution in [1.29, 1.82) is 0 Å². The molecule has 1 aliphatic rings. The molecule has 0 aromatic heterocycles. The third-order valence-electron chi connectivity index (χ3n) is 3.96. The molecule has 150 valence electrons. The first-order valence-electron chi connectivity index (χ1n) is 7.71. The number of rotatable bonds is 4. The third-order valence-corrected chi connectivity index (χ3v) is 3.96. The number of carbonyl (C=O) groups excluding carboxylic acids is 2. The van der Waals surface area contributed by atoms with E-state index < -0.39 is 48.4 Å². The lowest BCUT2D eigenvalue weighted by Gasteiger charge is -2.37. The number of urea groups is 2. The van der Waals surface area contributed by atoms with Gasteiger partial charge >= 0.3 is 24.4 Å². The lowest BCUT2D eigenvalue weighted by molar-refractivity contribution is -0.166. The van der Waals surface area contributed by atoms with Crippen LogP contribution >= 0.6 is 0 Å². The van der Waals surface area contributed by atoms with Crippen molar-refractivity contribution < 1.29 is 35.9 Å². The highest BCUT2D eigenvalue weighted by atomic mass is 19.4. The number of nitrogens with zero attached hydrogens (tertiary/aromatic N) is 1. The predicted molar refractivity (Wildman–Crippen MR) is 81.2 cm³/mol. The fourth-order valence-corrected chi connectivity index (χ4v) is 2.43. The molecule has 6 nitrogen and oxygen atoms in total. The minimum Gasteiger partial charge on any atom is -0.304 e. The molecule has 1 saturated heterocycles. The Hall–Kier alpha value is -2.50. The number of hydrogen-bond donors (Lipinski definition) is 3. The van der Waals surface area contributed by atoms with Crippen LogP contribution in [0.5, 0.6) is 0 Å². The lowest BCUT2D eigenvalue weighted by Crippen LogP contribution is -2.70. The van der Waals surface area contributed by atoms with Crippen LogP contribution < -0.4 is 16.0 Å². The smallest absolute Gasteiger partial charge is 0.304 e. The second kappa shape index (κ2) is 7.25. The molecule has 1 heterocycles. The summed E-state index contributed by atoms with van der Waals surface area (Å²) in [4.78, 5) is 23.7. The standard InChI is InChI=1S/C15H16F6N4O2/c1-7(9-4-3-5-10(6-9)15(19,20)21)22-11-23-12(26)25(13(27)24-11)8(2)14(16,17)18/h3-8,11,22H,1-2H3,(H,23,26)(H,24,27)/t7-,8-/m0/s1. The van der Waals surface area contributed by atoms with Gasteiger partial charge in [-0.2, -0.15) is 26.3 Å². The van der Waals surface area contributed by atoms with E-state index in [1.54, 1.807) is 0 Å². The fraction of sp³-hybridized carbons (Fsp3) is 0.467. The lowest BCUT2D eigenvalue weighted by atomic mass is 10.0. The Balaban J connectivity index is 2.08. The molecule has 0 saturated carbocycles. The Labute approximate surface area is 149 Å². The summed E-state index contributed by atoms with van der Waals surface area (Å²) < 4.78 is 76.5. The van der Waals surface area contributed by atoms with E-state index in [0.717, 1.165) is 12.1 Å². The Morgan fingerprint density at radius 1 is 1.04 bits per heavy atom. The molecule has 1 fully saturated rings. The number of imide groups is 1. The van der Waals surface area contributed by atoms with Crippen molar-refractivity contribution >= 4 is 12.1 Å². The van der Waals surface area contributed by atoms with Crippen molar-refractivity contribution in [2.45, 2.75) is 44.6 Å². The number of halogens is 6. The van der Waals surface area contributed by atoms with Crippen molar-refractivity contribution in [1.82, 2.24) is 20.9 Å². The summed E-state index contributed by atoms with van der Waals surface area (Å²) >= 11 is 0. The maximum atomic E-state index is 12.8. The molecule has 1 aromatic rings. The van der Waals surface area contributed by atoms with Crippen LogP contribution in [0.1, 0.15) is 31.0 Å². The van der Waals surface area contributed by atoms with Crippen LogP contribution in [0.4, 0.5) is 35.9 Å². The highest BCUT2D eigenvalue weighted by Gasteiger charge is 2.47. The highest BCUT2D eigenvalue weighted by molar-refractivity contribution is 5.96. The minimum absolute atomic E-state index is 0.0207. The zero-order chi connectivity index (χ0) is 20.6. The normalized spacial score (nSPS) is 18.7. The molecule has 2 atom stereocenters. The molecule has 12 heteroatoms.